The average molecular weight is 238 g/mol. The first-order valence-electron chi connectivity index (χ1n) is 6.84. The van der Waals surface area contributed by atoms with E-state index in [9.17, 15) is 9.90 Å². The normalized spacial score (nSPS) is 39.6. The molecule has 3 fully saturated rings. The highest BCUT2D eigenvalue weighted by atomic mass is 16.3. The number of fused-ring (bicyclic) bond motifs is 1. The molecule has 96 valence electrons. The molecule has 3 rings (SSSR count). The SMILES string of the molecule is NC1(C(=O)N2CCC3(O)CCCCC3C2)CC1. The number of nitrogens with two attached hydrogens (primary N) is 1. The molecule has 0 bridgehead atoms. The van der Waals surface area contributed by atoms with Crippen molar-refractivity contribution in [2.45, 2.75) is 56.1 Å². The van der Waals surface area contributed by atoms with Crippen LogP contribution in [0.15, 0.2) is 0 Å². The van der Waals surface area contributed by atoms with Gasteiger partial charge in [0.15, 0.2) is 0 Å². The fourth-order valence-corrected chi connectivity index (χ4v) is 3.42. The molecule has 2 unspecified atom stereocenters. The molecule has 0 aromatic carbocycles. The third-order valence-electron chi connectivity index (χ3n) is 4.93. The van der Waals surface area contributed by atoms with Gasteiger partial charge in [-0.05, 0) is 32.1 Å². The Hall–Kier alpha value is -0.610. The lowest BCUT2D eigenvalue weighted by Crippen LogP contribution is -2.57. The highest BCUT2D eigenvalue weighted by Gasteiger charge is 2.51. The zero-order valence-electron chi connectivity index (χ0n) is 10.3. The highest BCUT2D eigenvalue weighted by molar-refractivity contribution is 5.89. The molecule has 0 spiro atoms. The molecule has 1 saturated heterocycles. The summed E-state index contributed by atoms with van der Waals surface area (Å²) in [5.41, 5.74) is 4.92. The predicted octanol–water partition coefficient (Wildman–Crippen LogP) is 0.631. The second-order valence-corrected chi connectivity index (χ2v) is 6.20. The number of hydrogen-bond acceptors (Lipinski definition) is 3. The monoisotopic (exact) mass is 238 g/mol. The highest BCUT2D eigenvalue weighted by Crippen LogP contribution is 2.42. The Bertz CT molecular complexity index is 340. The van der Waals surface area contributed by atoms with Gasteiger partial charge in [-0.1, -0.05) is 12.8 Å². The molecule has 0 aromatic rings. The van der Waals surface area contributed by atoms with Gasteiger partial charge in [-0.25, -0.2) is 0 Å². The van der Waals surface area contributed by atoms with Gasteiger partial charge < -0.3 is 15.7 Å². The molecule has 0 radical (unpaired) electrons. The number of nitrogens with zero attached hydrogens (tertiary/aromatic N) is 1. The number of hydrogen-bond donors (Lipinski definition) is 2. The first-order chi connectivity index (χ1) is 8.04. The molecule has 4 heteroatoms. The first-order valence-corrected chi connectivity index (χ1v) is 6.84. The maximum absolute atomic E-state index is 12.2. The van der Waals surface area contributed by atoms with Crippen molar-refractivity contribution in [1.29, 1.82) is 0 Å². The minimum atomic E-state index is -0.551. The van der Waals surface area contributed by atoms with Gasteiger partial charge in [-0.2, -0.15) is 0 Å². The summed E-state index contributed by atoms with van der Waals surface area (Å²) in [5, 5.41) is 10.5. The first kappa shape index (κ1) is 11.5. The van der Waals surface area contributed by atoms with Crippen LogP contribution in [0.1, 0.15) is 44.9 Å². The van der Waals surface area contributed by atoms with E-state index in [0.29, 0.717) is 13.1 Å². The van der Waals surface area contributed by atoms with E-state index in [1.54, 1.807) is 0 Å². The van der Waals surface area contributed by atoms with Crippen molar-refractivity contribution in [1.82, 2.24) is 4.90 Å². The summed E-state index contributed by atoms with van der Waals surface area (Å²) in [4.78, 5) is 14.1. The van der Waals surface area contributed by atoms with Crippen LogP contribution < -0.4 is 5.73 Å². The molecular formula is C13H22N2O2. The number of carbonyl (C=O) groups excluding carboxylic acids is 1. The topological polar surface area (TPSA) is 66.6 Å². The van der Waals surface area contributed by atoms with E-state index >= 15 is 0 Å². The second kappa shape index (κ2) is 3.69. The molecule has 2 aliphatic carbocycles. The minimum absolute atomic E-state index is 0.116. The Balaban J connectivity index is 1.69. The number of piperidine rings is 1. The molecular weight excluding hydrogens is 216 g/mol. The standard InChI is InChI=1S/C13H22N2O2/c14-12(5-6-12)11(16)15-8-7-13(17)4-2-1-3-10(13)9-15/h10,17H,1-9,14H2. The summed E-state index contributed by atoms with van der Waals surface area (Å²) in [6, 6.07) is 0. The Morgan fingerprint density at radius 2 is 2.00 bits per heavy atom. The Kier molecular flexibility index (Phi) is 2.49. The van der Waals surface area contributed by atoms with Gasteiger partial charge in [0.25, 0.3) is 0 Å². The van der Waals surface area contributed by atoms with Crippen molar-refractivity contribution >= 4 is 5.91 Å². The van der Waals surface area contributed by atoms with Crippen molar-refractivity contribution in [3.8, 4) is 0 Å². The Labute approximate surface area is 102 Å². The van der Waals surface area contributed by atoms with Crippen LogP contribution in [0, 0.1) is 5.92 Å². The molecule has 4 nitrogen and oxygen atoms in total. The van der Waals surface area contributed by atoms with E-state index in [4.69, 9.17) is 5.73 Å². The van der Waals surface area contributed by atoms with E-state index in [0.717, 1.165) is 38.5 Å². The lowest BCUT2D eigenvalue weighted by Gasteiger charge is -2.47. The fraction of sp³-hybridized carbons (Fsp3) is 0.923. The van der Waals surface area contributed by atoms with E-state index in [2.05, 4.69) is 0 Å². The zero-order valence-corrected chi connectivity index (χ0v) is 10.3. The lowest BCUT2D eigenvalue weighted by atomic mass is 9.71. The summed E-state index contributed by atoms with van der Waals surface area (Å²) in [6.45, 7) is 1.40. The average Bonchev–Trinajstić information content (AvgIpc) is 3.06. The molecule has 0 aromatic heterocycles. The van der Waals surface area contributed by atoms with E-state index in [-0.39, 0.29) is 11.8 Å². The third-order valence-corrected chi connectivity index (χ3v) is 4.93. The summed E-state index contributed by atoms with van der Waals surface area (Å²) in [7, 11) is 0. The molecule has 17 heavy (non-hydrogen) atoms. The molecule has 3 N–H and O–H groups in total. The number of likely N-dealkylation sites (tertiary alicyclic amines) is 1. The predicted molar refractivity (Wildman–Crippen MR) is 64.3 cm³/mol. The van der Waals surface area contributed by atoms with Crippen LogP contribution in [0.2, 0.25) is 0 Å². The van der Waals surface area contributed by atoms with Crippen molar-refractivity contribution < 1.29 is 9.90 Å². The van der Waals surface area contributed by atoms with Gasteiger partial charge >= 0.3 is 0 Å². The van der Waals surface area contributed by atoms with Gasteiger partial charge in [-0.3, -0.25) is 4.79 Å². The minimum Gasteiger partial charge on any atom is -0.389 e. The van der Waals surface area contributed by atoms with Crippen molar-refractivity contribution in [2.75, 3.05) is 13.1 Å². The number of aliphatic hydroxyl groups is 1. The number of rotatable bonds is 1. The smallest absolute Gasteiger partial charge is 0.242 e. The van der Waals surface area contributed by atoms with Crippen LogP contribution in [-0.2, 0) is 4.79 Å². The Morgan fingerprint density at radius 3 is 2.71 bits per heavy atom. The maximum Gasteiger partial charge on any atom is 0.242 e. The van der Waals surface area contributed by atoms with Gasteiger partial charge in [0, 0.05) is 19.0 Å². The molecule has 1 aliphatic heterocycles. The maximum atomic E-state index is 12.2. The fourth-order valence-electron chi connectivity index (χ4n) is 3.42. The van der Waals surface area contributed by atoms with Crippen LogP contribution in [0.25, 0.3) is 0 Å². The van der Waals surface area contributed by atoms with E-state index in [1.165, 1.54) is 6.42 Å². The summed E-state index contributed by atoms with van der Waals surface area (Å²) in [5.74, 6) is 0.390. The molecule has 1 heterocycles. The van der Waals surface area contributed by atoms with Crippen molar-refractivity contribution in [2.24, 2.45) is 11.7 Å². The van der Waals surface area contributed by atoms with Crippen LogP contribution in [0.4, 0.5) is 0 Å². The van der Waals surface area contributed by atoms with Crippen LogP contribution >= 0.6 is 0 Å². The number of amides is 1. The lowest BCUT2D eigenvalue weighted by molar-refractivity contribution is -0.145. The van der Waals surface area contributed by atoms with Gasteiger partial charge in [0.1, 0.15) is 0 Å². The molecule has 1 amide bonds. The molecule has 2 saturated carbocycles. The van der Waals surface area contributed by atoms with Crippen LogP contribution in [0.3, 0.4) is 0 Å². The van der Waals surface area contributed by atoms with Gasteiger partial charge in [0.05, 0.1) is 11.1 Å². The van der Waals surface area contributed by atoms with E-state index in [1.807, 2.05) is 4.90 Å². The van der Waals surface area contributed by atoms with Gasteiger partial charge in [0.2, 0.25) is 5.91 Å². The number of carbonyl (C=O) groups is 1. The van der Waals surface area contributed by atoms with Crippen LogP contribution in [0.5, 0.6) is 0 Å². The van der Waals surface area contributed by atoms with E-state index < -0.39 is 11.1 Å². The molecule has 3 aliphatic rings. The quantitative estimate of drug-likeness (QED) is 0.704. The largest absolute Gasteiger partial charge is 0.389 e. The van der Waals surface area contributed by atoms with Crippen molar-refractivity contribution in [3.63, 3.8) is 0 Å². The molecule has 2 atom stereocenters. The summed E-state index contributed by atoms with van der Waals surface area (Å²) in [6.07, 6.45) is 6.67. The summed E-state index contributed by atoms with van der Waals surface area (Å²) >= 11 is 0. The summed E-state index contributed by atoms with van der Waals surface area (Å²) < 4.78 is 0. The second-order valence-electron chi connectivity index (χ2n) is 6.20. The van der Waals surface area contributed by atoms with Gasteiger partial charge in [-0.15, -0.1) is 0 Å². The Morgan fingerprint density at radius 1 is 1.24 bits per heavy atom. The van der Waals surface area contributed by atoms with Crippen molar-refractivity contribution in [3.05, 3.63) is 0 Å². The van der Waals surface area contributed by atoms with Crippen LogP contribution in [-0.4, -0.2) is 40.1 Å². The third kappa shape index (κ3) is 1.87. The zero-order chi connectivity index (χ0) is 12.1.